The Morgan fingerprint density at radius 3 is 2.92 bits per heavy atom. The number of nitrogens with zero attached hydrogens (tertiary/aromatic N) is 1. The molecule has 0 unspecified atom stereocenters. The van der Waals surface area contributed by atoms with Crippen molar-refractivity contribution in [2.75, 3.05) is 12.4 Å². The average molecular weight is 347 g/mol. The summed E-state index contributed by atoms with van der Waals surface area (Å²) >= 11 is 1.39. The fraction of sp³-hybridized carbons (Fsp3) is 0.471. The molecule has 0 radical (unpaired) electrons. The topological polar surface area (TPSA) is 84.1 Å². The molecular formula is C17H21N3O3S. The third-order valence-electron chi connectivity index (χ3n) is 4.33. The number of hydrogen-bond donors (Lipinski definition) is 2. The third-order valence-corrected chi connectivity index (χ3v) is 5.09. The standard InChI is InChI=1S/C17H21N3O3S/c1-23-16(22)13-8-12(9-18-13)14-10-24-17(19-14)20-15(21)7-11-5-3-2-4-6-11/h8-11,18H,2-7H2,1H3,(H,19,20,21). The van der Waals surface area contributed by atoms with E-state index >= 15 is 0 Å². The monoisotopic (exact) mass is 347 g/mol. The Morgan fingerprint density at radius 2 is 2.17 bits per heavy atom. The van der Waals surface area contributed by atoms with E-state index in [0.29, 0.717) is 23.2 Å². The van der Waals surface area contributed by atoms with E-state index < -0.39 is 5.97 Å². The summed E-state index contributed by atoms with van der Waals surface area (Å²) in [6.07, 6.45) is 8.33. The number of carbonyl (C=O) groups is 2. The third kappa shape index (κ3) is 4.03. The van der Waals surface area contributed by atoms with Crippen molar-refractivity contribution in [3.63, 3.8) is 0 Å². The van der Waals surface area contributed by atoms with Gasteiger partial charge in [0.2, 0.25) is 5.91 Å². The molecule has 0 atom stereocenters. The molecule has 0 spiro atoms. The molecule has 24 heavy (non-hydrogen) atoms. The SMILES string of the molecule is COC(=O)c1cc(-c2csc(NC(=O)CC3CCCCC3)n2)c[nH]1. The lowest BCUT2D eigenvalue weighted by Crippen LogP contribution is -2.18. The minimum atomic E-state index is -0.419. The summed E-state index contributed by atoms with van der Waals surface area (Å²) in [6, 6.07) is 1.69. The second-order valence-electron chi connectivity index (χ2n) is 6.09. The maximum atomic E-state index is 12.1. The van der Waals surface area contributed by atoms with Crippen LogP contribution in [-0.4, -0.2) is 29.0 Å². The maximum absolute atomic E-state index is 12.1. The van der Waals surface area contributed by atoms with Gasteiger partial charge < -0.3 is 15.0 Å². The second-order valence-corrected chi connectivity index (χ2v) is 6.95. The van der Waals surface area contributed by atoms with Gasteiger partial charge in [0.25, 0.3) is 0 Å². The molecule has 2 N–H and O–H groups in total. The highest BCUT2D eigenvalue weighted by Gasteiger charge is 2.18. The molecule has 0 saturated heterocycles. The molecule has 3 rings (SSSR count). The number of methoxy groups -OCH3 is 1. The zero-order chi connectivity index (χ0) is 16.9. The van der Waals surface area contributed by atoms with Gasteiger partial charge in [0.1, 0.15) is 5.69 Å². The number of amides is 1. The summed E-state index contributed by atoms with van der Waals surface area (Å²) in [7, 11) is 1.34. The van der Waals surface area contributed by atoms with E-state index in [1.54, 1.807) is 12.3 Å². The van der Waals surface area contributed by atoms with Crippen molar-refractivity contribution in [3.8, 4) is 11.3 Å². The van der Waals surface area contributed by atoms with Crippen LogP contribution in [0.5, 0.6) is 0 Å². The molecule has 1 aliphatic carbocycles. The van der Waals surface area contributed by atoms with Gasteiger partial charge in [-0.15, -0.1) is 11.3 Å². The van der Waals surface area contributed by atoms with Crippen LogP contribution in [0.4, 0.5) is 5.13 Å². The van der Waals surface area contributed by atoms with Gasteiger partial charge in [0.05, 0.1) is 12.8 Å². The molecular weight excluding hydrogens is 326 g/mol. The van der Waals surface area contributed by atoms with Crippen molar-refractivity contribution < 1.29 is 14.3 Å². The van der Waals surface area contributed by atoms with Gasteiger partial charge in [-0.1, -0.05) is 19.3 Å². The van der Waals surface area contributed by atoms with Gasteiger partial charge in [-0.05, 0) is 24.8 Å². The largest absolute Gasteiger partial charge is 0.464 e. The van der Waals surface area contributed by atoms with Crippen LogP contribution in [0.15, 0.2) is 17.6 Å². The Balaban J connectivity index is 1.59. The number of ether oxygens (including phenoxy) is 1. The first-order chi connectivity index (χ1) is 11.7. The molecule has 1 amide bonds. The molecule has 2 aromatic rings. The van der Waals surface area contributed by atoms with Crippen molar-refractivity contribution in [2.45, 2.75) is 38.5 Å². The summed E-state index contributed by atoms with van der Waals surface area (Å²) in [5.74, 6) is 0.120. The smallest absolute Gasteiger partial charge is 0.354 e. The van der Waals surface area contributed by atoms with E-state index in [9.17, 15) is 9.59 Å². The van der Waals surface area contributed by atoms with E-state index in [1.165, 1.54) is 37.7 Å². The van der Waals surface area contributed by atoms with Crippen molar-refractivity contribution >= 4 is 28.3 Å². The molecule has 0 aliphatic heterocycles. The summed E-state index contributed by atoms with van der Waals surface area (Å²) in [4.78, 5) is 30.9. The van der Waals surface area contributed by atoms with E-state index in [4.69, 9.17) is 0 Å². The van der Waals surface area contributed by atoms with Crippen LogP contribution in [0.1, 0.15) is 49.0 Å². The predicted molar refractivity (Wildman–Crippen MR) is 93.1 cm³/mol. The van der Waals surface area contributed by atoms with Crippen LogP contribution in [0.3, 0.4) is 0 Å². The normalized spacial score (nSPS) is 15.2. The molecule has 1 fully saturated rings. The van der Waals surface area contributed by atoms with Crippen LogP contribution >= 0.6 is 11.3 Å². The Hall–Kier alpha value is -2.15. The van der Waals surface area contributed by atoms with Gasteiger partial charge >= 0.3 is 5.97 Å². The second kappa shape index (κ2) is 7.61. The van der Waals surface area contributed by atoms with Crippen molar-refractivity contribution in [1.29, 1.82) is 0 Å². The highest BCUT2D eigenvalue weighted by Crippen LogP contribution is 2.28. The first kappa shape index (κ1) is 16.7. The number of anilines is 1. The zero-order valence-corrected chi connectivity index (χ0v) is 14.4. The van der Waals surface area contributed by atoms with Crippen LogP contribution < -0.4 is 5.32 Å². The highest BCUT2D eigenvalue weighted by atomic mass is 32.1. The number of H-pyrrole nitrogens is 1. The van der Waals surface area contributed by atoms with E-state index in [1.807, 2.05) is 5.38 Å². The number of nitrogens with one attached hydrogen (secondary N) is 2. The summed E-state index contributed by atoms with van der Waals surface area (Å²) in [6.45, 7) is 0. The lowest BCUT2D eigenvalue weighted by Gasteiger charge is -2.20. The Kier molecular flexibility index (Phi) is 5.30. The summed E-state index contributed by atoms with van der Waals surface area (Å²) in [5.41, 5.74) is 1.89. The number of thiazole rings is 1. The first-order valence-corrected chi connectivity index (χ1v) is 9.06. The first-order valence-electron chi connectivity index (χ1n) is 8.18. The van der Waals surface area contributed by atoms with Crippen LogP contribution in [0, 0.1) is 5.92 Å². The average Bonchev–Trinajstić information content (AvgIpc) is 3.24. The lowest BCUT2D eigenvalue weighted by atomic mass is 9.87. The van der Waals surface area contributed by atoms with E-state index in [2.05, 4.69) is 20.0 Å². The Labute approximate surface area is 144 Å². The molecule has 2 heterocycles. The van der Waals surface area contributed by atoms with Crippen LogP contribution in [0.2, 0.25) is 0 Å². The zero-order valence-electron chi connectivity index (χ0n) is 13.6. The van der Waals surface area contributed by atoms with Gasteiger partial charge in [-0.3, -0.25) is 4.79 Å². The summed E-state index contributed by atoms with van der Waals surface area (Å²) < 4.78 is 4.67. The van der Waals surface area contributed by atoms with Gasteiger partial charge in [-0.2, -0.15) is 0 Å². The maximum Gasteiger partial charge on any atom is 0.354 e. The molecule has 1 saturated carbocycles. The van der Waals surface area contributed by atoms with E-state index in [-0.39, 0.29) is 5.91 Å². The quantitative estimate of drug-likeness (QED) is 0.805. The molecule has 128 valence electrons. The fourth-order valence-electron chi connectivity index (χ4n) is 3.06. The number of aromatic nitrogens is 2. The minimum Gasteiger partial charge on any atom is -0.464 e. The summed E-state index contributed by atoms with van der Waals surface area (Å²) in [5, 5.41) is 5.34. The molecule has 0 aromatic carbocycles. The lowest BCUT2D eigenvalue weighted by molar-refractivity contribution is -0.117. The van der Waals surface area contributed by atoms with E-state index in [0.717, 1.165) is 24.1 Å². The molecule has 6 nitrogen and oxygen atoms in total. The Morgan fingerprint density at radius 1 is 1.38 bits per heavy atom. The molecule has 2 aromatic heterocycles. The van der Waals surface area contributed by atoms with Crippen LogP contribution in [-0.2, 0) is 9.53 Å². The molecule has 1 aliphatic rings. The Bertz CT molecular complexity index is 716. The number of rotatable bonds is 5. The molecule has 7 heteroatoms. The fourth-order valence-corrected chi connectivity index (χ4v) is 3.79. The minimum absolute atomic E-state index is 0.0344. The highest BCUT2D eigenvalue weighted by molar-refractivity contribution is 7.14. The predicted octanol–water partition coefficient (Wildman–Crippen LogP) is 3.83. The van der Waals surface area contributed by atoms with Gasteiger partial charge in [0.15, 0.2) is 5.13 Å². The number of hydrogen-bond acceptors (Lipinski definition) is 5. The van der Waals surface area contributed by atoms with Crippen molar-refractivity contribution in [1.82, 2.24) is 9.97 Å². The van der Waals surface area contributed by atoms with Crippen molar-refractivity contribution in [2.24, 2.45) is 5.92 Å². The number of aromatic amines is 1. The number of carbonyl (C=O) groups excluding carboxylic acids is 2. The van der Waals surface area contributed by atoms with Crippen LogP contribution in [0.25, 0.3) is 11.3 Å². The van der Waals surface area contributed by atoms with Gasteiger partial charge in [-0.25, -0.2) is 9.78 Å². The molecule has 0 bridgehead atoms. The van der Waals surface area contributed by atoms with Gasteiger partial charge in [0, 0.05) is 23.6 Å². The van der Waals surface area contributed by atoms with Crippen molar-refractivity contribution in [3.05, 3.63) is 23.3 Å². The number of esters is 1.